The highest BCUT2D eigenvalue weighted by Gasteiger charge is 2.18. The van der Waals surface area contributed by atoms with Gasteiger partial charge >= 0.3 is 0 Å². The fourth-order valence-electron chi connectivity index (χ4n) is 2.06. The van der Waals surface area contributed by atoms with Crippen LogP contribution < -0.4 is 0 Å². The molecule has 0 unspecified atom stereocenters. The lowest BCUT2D eigenvalue weighted by Gasteiger charge is -2.21. The third kappa shape index (κ3) is 4.29. The van der Waals surface area contributed by atoms with Crippen LogP contribution in [0.1, 0.15) is 57.6 Å². The number of aryl methyl sites for hydroxylation is 1. The molecule has 0 heterocycles. The monoisotopic (exact) mass is 282 g/mol. The first-order valence-corrected chi connectivity index (χ1v) is 7.12. The van der Waals surface area contributed by atoms with Crippen LogP contribution in [-0.4, -0.2) is 0 Å². The standard InChI is InChI=1S/C15H23Br/c1-4-5-6-7-10-13-11-8-9-12-14(13)15(2,3)16/h8-9,11-12H,4-7,10H2,1-3H3. The highest BCUT2D eigenvalue weighted by molar-refractivity contribution is 9.09. The molecular formula is C15H23Br. The summed E-state index contributed by atoms with van der Waals surface area (Å²) in [6, 6.07) is 8.79. The van der Waals surface area contributed by atoms with Crippen LogP contribution in [0, 0.1) is 0 Å². The lowest BCUT2D eigenvalue weighted by atomic mass is 9.93. The van der Waals surface area contributed by atoms with Crippen molar-refractivity contribution in [3.63, 3.8) is 0 Å². The molecule has 0 fully saturated rings. The number of hydrogen-bond donors (Lipinski definition) is 0. The second-order valence-corrected chi connectivity index (χ2v) is 6.92. The molecule has 16 heavy (non-hydrogen) atoms. The summed E-state index contributed by atoms with van der Waals surface area (Å²) < 4.78 is 0.0916. The van der Waals surface area contributed by atoms with Crippen molar-refractivity contribution >= 4 is 15.9 Å². The van der Waals surface area contributed by atoms with E-state index >= 15 is 0 Å². The molecule has 0 nitrogen and oxygen atoms in total. The second kappa shape index (κ2) is 6.44. The van der Waals surface area contributed by atoms with E-state index in [-0.39, 0.29) is 4.32 Å². The van der Waals surface area contributed by atoms with E-state index in [1.165, 1.54) is 43.2 Å². The summed E-state index contributed by atoms with van der Waals surface area (Å²) >= 11 is 3.76. The maximum absolute atomic E-state index is 3.76. The molecule has 0 aliphatic heterocycles. The van der Waals surface area contributed by atoms with Crippen molar-refractivity contribution in [2.24, 2.45) is 0 Å². The van der Waals surface area contributed by atoms with Crippen LogP contribution in [0.15, 0.2) is 24.3 Å². The average molecular weight is 283 g/mol. The zero-order valence-corrected chi connectivity index (χ0v) is 12.3. The van der Waals surface area contributed by atoms with Gasteiger partial charge in [-0.2, -0.15) is 0 Å². The molecule has 0 saturated carbocycles. The van der Waals surface area contributed by atoms with Crippen LogP contribution in [0.25, 0.3) is 0 Å². The van der Waals surface area contributed by atoms with Crippen LogP contribution in [0.5, 0.6) is 0 Å². The summed E-state index contributed by atoms with van der Waals surface area (Å²) in [7, 11) is 0. The van der Waals surface area contributed by atoms with Gasteiger partial charge in [0.05, 0.1) is 0 Å². The number of hydrogen-bond acceptors (Lipinski definition) is 0. The van der Waals surface area contributed by atoms with Crippen LogP contribution >= 0.6 is 15.9 Å². The molecule has 90 valence electrons. The van der Waals surface area contributed by atoms with Gasteiger partial charge in [-0.3, -0.25) is 0 Å². The Morgan fingerprint density at radius 3 is 2.38 bits per heavy atom. The van der Waals surface area contributed by atoms with E-state index in [2.05, 4.69) is 61.0 Å². The van der Waals surface area contributed by atoms with Crippen LogP contribution in [-0.2, 0) is 10.7 Å². The molecule has 0 aliphatic carbocycles. The van der Waals surface area contributed by atoms with Crippen molar-refractivity contribution in [2.45, 2.75) is 57.2 Å². The summed E-state index contributed by atoms with van der Waals surface area (Å²) in [5.74, 6) is 0. The van der Waals surface area contributed by atoms with Gasteiger partial charge in [-0.25, -0.2) is 0 Å². The summed E-state index contributed by atoms with van der Waals surface area (Å²) in [6.45, 7) is 6.70. The van der Waals surface area contributed by atoms with E-state index < -0.39 is 0 Å². The van der Waals surface area contributed by atoms with Crippen LogP contribution in [0.4, 0.5) is 0 Å². The molecule has 0 atom stereocenters. The Bertz CT molecular complexity index is 309. The third-order valence-corrected chi connectivity index (χ3v) is 3.38. The van der Waals surface area contributed by atoms with Crippen molar-refractivity contribution in [1.29, 1.82) is 0 Å². The van der Waals surface area contributed by atoms with E-state index in [0.29, 0.717) is 0 Å². The number of unbranched alkanes of at least 4 members (excludes halogenated alkanes) is 3. The minimum absolute atomic E-state index is 0.0916. The number of halogens is 1. The highest BCUT2D eigenvalue weighted by atomic mass is 79.9. The van der Waals surface area contributed by atoms with E-state index in [9.17, 15) is 0 Å². The highest BCUT2D eigenvalue weighted by Crippen LogP contribution is 2.32. The molecule has 0 aliphatic rings. The number of alkyl halides is 1. The molecule has 0 radical (unpaired) electrons. The van der Waals surface area contributed by atoms with Crippen molar-refractivity contribution < 1.29 is 0 Å². The smallest absolute Gasteiger partial charge is 0.0452 e. The largest absolute Gasteiger partial charge is 0.0807 e. The van der Waals surface area contributed by atoms with Gasteiger partial charge in [0.25, 0.3) is 0 Å². The Hall–Kier alpha value is -0.300. The molecule has 0 aromatic heterocycles. The fraction of sp³-hybridized carbons (Fsp3) is 0.600. The maximum atomic E-state index is 3.76. The number of rotatable bonds is 6. The van der Waals surface area contributed by atoms with Crippen molar-refractivity contribution in [3.8, 4) is 0 Å². The van der Waals surface area contributed by atoms with Gasteiger partial charge in [-0.1, -0.05) is 66.4 Å². The van der Waals surface area contributed by atoms with E-state index in [4.69, 9.17) is 0 Å². The Labute approximate surface area is 109 Å². The minimum atomic E-state index is 0.0916. The van der Waals surface area contributed by atoms with Crippen molar-refractivity contribution in [1.82, 2.24) is 0 Å². The second-order valence-electron chi connectivity index (χ2n) is 4.94. The summed E-state index contributed by atoms with van der Waals surface area (Å²) in [4.78, 5) is 0. The van der Waals surface area contributed by atoms with Gasteiger partial charge in [0.2, 0.25) is 0 Å². The predicted octanol–water partition coefficient (Wildman–Crippen LogP) is 5.44. The number of benzene rings is 1. The summed E-state index contributed by atoms with van der Waals surface area (Å²) in [6.07, 6.45) is 6.55. The zero-order chi connectivity index (χ0) is 12.0. The molecule has 0 bridgehead atoms. The lowest BCUT2D eigenvalue weighted by Crippen LogP contribution is -2.10. The summed E-state index contributed by atoms with van der Waals surface area (Å²) in [5.41, 5.74) is 2.94. The first-order chi connectivity index (χ1) is 7.55. The average Bonchev–Trinajstić information content (AvgIpc) is 2.24. The first kappa shape index (κ1) is 13.8. The zero-order valence-electron chi connectivity index (χ0n) is 10.7. The Balaban J connectivity index is 2.65. The predicted molar refractivity (Wildman–Crippen MR) is 76.2 cm³/mol. The van der Waals surface area contributed by atoms with Crippen LogP contribution in [0.3, 0.4) is 0 Å². The molecule has 1 aromatic carbocycles. The third-order valence-electron chi connectivity index (χ3n) is 2.96. The van der Waals surface area contributed by atoms with Gasteiger partial charge in [-0.05, 0) is 37.8 Å². The summed E-state index contributed by atoms with van der Waals surface area (Å²) in [5, 5.41) is 0. The molecule has 1 rings (SSSR count). The lowest BCUT2D eigenvalue weighted by molar-refractivity contribution is 0.659. The Morgan fingerprint density at radius 2 is 1.75 bits per heavy atom. The van der Waals surface area contributed by atoms with Crippen molar-refractivity contribution in [3.05, 3.63) is 35.4 Å². The normalized spacial score (nSPS) is 11.8. The Kier molecular flexibility index (Phi) is 5.54. The fourth-order valence-corrected chi connectivity index (χ4v) is 2.45. The van der Waals surface area contributed by atoms with Gasteiger partial charge in [0.15, 0.2) is 0 Å². The maximum Gasteiger partial charge on any atom is 0.0452 e. The molecule has 0 N–H and O–H groups in total. The molecule has 0 spiro atoms. The van der Waals surface area contributed by atoms with Gasteiger partial charge in [0, 0.05) is 4.32 Å². The molecular weight excluding hydrogens is 260 g/mol. The molecule has 1 aromatic rings. The van der Waals surface area contributed by atoms with Gasteiger partial charge < -0.3 is 0 Å². The molecule has 0 amide bonds. The minimum Gasteiger partial charge on any atom is -0.0807 e. The van der Waals surface area contributed by atoms with Crippen molar-refractivity contribution in [2.75, 3.05) is 0 Å². The van der Waals surface area contributed by atoms with Gasteiger partial charge in [0.1, 0.15) is 0 Å². The molecule has 0 saturated heterocycles. The Morgan fingerprint density at radius 1 is 1.06 bits per heavy atom. The quantitative estimate of drug-likeness (QED) is 0.481. The first-order valence-electron chi connectivity index (χ1n) is 6.33. The molecule has 1 heteroatoms. The van der Waals surface area contributed by atoms with Crippen LogP contribution in [0.2, 0.25) is 0 Å². The van der Waals surface area contributed by atoms with E-state index in [0.717, 1.165) is 0 Å². The topological polar surface area (TPSA) is 0 Å². The van der Waals surface area contributed by atoms with E-state index in [1.807, 2.05) is 0 Å². The SMILES string of the molecule is CCCCCCc1ccccc1C(C)(C)Br. The van der Waals surface area contributed by atoms with Gasteiger partial charge in [-0.15, -0.1) is 0 Å². The van der Waals surface area contributed by atoms with E-state index in [1.54, 1.807) is 0 Å².